The van der Waals surface area contributed by atoms with E-state index in [1.54, 1.807) is 0 Å². The second kappa shape index (κ2) is 5.62. The first-order valence-electron chi connectivity index (χ1n) is 5.52. The molecule has 92 valence electrons. The van der Waals surface area contributed by atoms with Gasteiger partial charge >= 0.3 is 0 Å². The third-order valence-electron chi connectivity index (χ3n) is 2.92. The molecule has 1 aliphatic heterocycles. The average Bonchev–Trinajstić information content (AvgIpc) is 2.80. The lowest BCUT2D eigenvalue weighted by Crippen LogP contribution is -2.39. The summed E-state index contributed by atoms with van der Waals surface area (Å²) in [6.07, 6.45) is 0. The van der Waals surface area contributed by atoms with E-state index in [0.29, 0.717) is 13.2 Å². The summed E-state index contributed by atoms with van der Waals surface area (Å²) in [5, 5.41) is 6.01. The summed E-state index contributed by atoms with van der Waals surface area (Å²) in [5.41, 5.74) is 0.791. The zero-order valence-electron chi connectivity index (χ0n) is 9.57. The van der Waals surface area contributed by atoms with Crippen LogP contribution in [0.3, 0.4) is 0 Å². The van der Waals surface area contributed by atoms with Gasteiger partial charge in [-0.3, -0.25) is 4.79 Å². The lowest BCUT2D eigenvalue weighted by atomic mass is 10.0. The topological polar surface area (TPSA) is 50.4 Å². The molecule has 0 spiro atoms. The number of anilines is 1. The SMILES string of the molecule is CNC1COCC1C(=O)Nc1ccccc1Br. The van der Waals surface area contributed by atoms with Crippen molar-refractivity contribution < 1.29 is 9.53 Å². The molecular formula is C12H15BrN2O2. The highest BCUT2D eigenvalue weighted by molar-refractivity contribution is 9.10. The van der Waals surface area contributed by atoms with Crippen LogP contribution in [0.5, 0.6) is 0 Å². The fourth-order valence-corrected chi connectivity index (χ4v) is 2.27. The van der Waals surface area contributed by atoms with Gasteiger partial charge in [0.15, 0.2) is 0 Å². The highest BCUT2D eigenvalue weighted by Gasteiger charge is 2.33. The van der Waals surface area contributed by atoms with Gasteiger partial charge in [0.05, 0.1) is 24.8 Å². The Labute approximate surface area is 109 Å². The molecule has 1 aliphatic rings. The van der Waals surface area contributed by atoms with Crippen molar-refractivity contribution in [1.29, 1.82) is 0 Å². The van der Waals surface area contributed by atoms with Crippen molar-refractivity contribution in [3.8, 4) is 0 Å². The Kier molecular flexibility index (Phi) is 4.15. The van der Waals surface area contributed by atoms with E-state index in [1.807, 2.05) is 31.3 Å². The highest BCUT2D eigenvalue weighted by Crippen LogP contribution is 2.23. The van der Waals surface area contributed by atoms with Crippen LogP contribution in [0.25, 0.3) is 0 Å². The van der Waals surface area contributed by atoms with Gasteiger partial charge in [0.2, 0.25) is 5.91 Å². The summed E-state index contributed by atoms with van der Waals surface area (Å²) < 4.78 is 6.20. The maximum atomic E-state index is 12.1. The summed E-state index contributed by atoms with van der Waals surface area (Å²) in [7, 11) is 1.85. The summed E-state index contributed by atoms with van der Waals surface area (Å²) in [6, 6.07) is 7.66. The van der Waals surface area contributed by atoms with Crippen molar-refractivity contribution in [2.75, 3.05) is 25.6 Å². The number of nitrogens with one attached hydrogen (secondary N) is 2. The van der Waals surface area contributed by atoms with E-state index in [-0.39, 0.29) is 17.9 Å². The van der Waals surface area contributed by atoms with Crippen LogP contribution >= 0.6 is 15.9 Å². The first kappa shape index (κ1) is 12.5. The van der Waals surface area contributed by atoms with E-state index in [2.05, 4.69) is 26.6 Å². The van der Waals surface area contributed by atoms with E-state index in [1.165, 1.54) is 0 Å². The molecule has 5 heteroatoms. The summed E-state index contributed by atoms with van der Waals surface area (Å²) in [5.74, 6) is -0.138. The van der Waals surface area contributed by atoms with Gasteiger partial charge in [-0.15, -0.1) is 0 Å². The molecule has 1 amide bonds. The monoisotopic (exact) mass is 298 g/mol. The van der Waals surface area contributed by atoms with Gasteiger partial charge < -0.3 is 15.4 Å². The molecule has 17 heavy (non-hydrogen) atoms. The molecule has 1 saturated heterocycles. The minimum atomic E-state index is -0.132. The quantitative estimate of drug-likeness (QED) is 0.892. The molecule has 4 nitrogen and oxygen atoms in total. The number of amides is 1. The van der Waals surface area contributed by atoms with Crippen LogP contribution in [0.1, 0.15) is 0 Å². The molecule has 0 bridgehead atoms. The molecule has 1 aromatic carbocycles. The van der Waals surface area contributed by atoms with Gasteiger partial charge in [0.25, 0.3) is 0 Å². The number of para-hydroxylation sites is 1. The standard InChI is InChI=1S/C12H15BrN2O2/c1-14-11-7-17-6-8(11)12(16)15-10-5-3-2-4-9(10)13/h2-5,8,11,14H,6-7H2,1H3,(H,15,16). The van der Waals surface area contributed by atoms with Gasteiger partial charge in [0, 0.05) is 10.5 Å². The van der Waals surface area contributed by atoms with E-state index < -0.39 is 0 Å². The van der Waals surface area contributed by atoms with Crippen molar-refractivity contribution in [2.45, 2.75) is 6.04 Å². The second-order valence-electron chi connectivity index (χ2n) is 4.01. The first-order chi connectivity index (χ1) is 8.22. The Morgan fingerprint density at radius 2 is 2.18 bits per heavy atom. The number of hydrogen-bond donors (Lipinski definition) is 2. The molecule has 0 aromatic heterocycles. The molecule has 0 radical (unpaired) electrons. The second-order valence-corrected chi connectivity index (χ2v) is 4.86. The molecule has 1 heterocycles. The molecule has 2 N–H and O–H groups in total. The average molecular weight is 299 g/mol. The van der Waals surface area contributed by atoms with Gasteiger partial charge in [-0.1, -0.05) is 12.1 Å². The van der Waals surface area contributed by atoms with Crippen LogP contribution in [0.15, 0.2) is 28.7 Å². The third kappa shape index (κ3) is 2.86. The van der Waals surface area contributed by atoms with E-state index in [0.717, 1.165) is 10.2 Å². The number of hydrogen-bond acceptors (Lipinski definition) is 3. The maximum Gasteiger partial charge on any atom is 0.231 e. The Morgan fingerprint density at radius 3 is 2.88 bits per heavy atom. The van der Waals surface area contributed by atoms with Crippen LogP contribution in [-0.2, 0) is 9.53 Å². The predicted molar refractivity (Wildman–Crippen MR) is 69.9 cm³/mol. The predicted octanol–water partition coefficient (Wildman–Crippen LogP) is 1.62. The van der Waals surface area contributed by atoms with E-state index in [4.69, 9.17) is 4.74 Å². The van der Waals surface area contributed by atoms with E-state index >= 15 is 0 Å². The Hall–Kier alpha value is -0.910. The lowest BCUT2D eigenvalue weighted by Gasteiger charge is -2.16. The number of benzene rings is 1. The zero-order valence-corrected chi connectivity index (χ0v) is 11.2. The minimum absolute atomic E-state index is 0.00579. The zero-order chi connectivity index (χ0) is 12.3. The number of halogens is 1. The first-order valence-corrected chi connectivity index (χ1v) is 6.32. The fourth-order valence-electron chi connectivity index (χ4n) is 1.89. The lowest BCUT2D eigenvalue weighted by molar-refractivity contribution is -0.120. The number of rotatable bonds is 3. The third-order valence-corrected chi connectivity index (χ3v) is 3.61. The molecule has 1 fully saturated rings. The summed E-state index contributed by atoms with van der Waals surface area (Å²) >= 11 is 3.40. The molecule has 2 atom stereocenters. The molecule has 0 saturated carbocycles. The number of ether oxygens (including phenoxy) is 1. The van der Waals surface area contributed by atoms with Gasteiger partial charge in [-0.2, -0.15) is 0 Å². The van der Waals surface area contributed by atoms with Gasteiger partial charge in [-0.25, -0.2) is 0 Å². The molecule has 1 aromatic rings. The minimum Gasteiger partial charge on any atom is -0.379 e. The van der Waals surface area contributed by atoms with Crippen LogP contribution in [0, 0.1) is 5.92 Å². The van der Waals surface area contributed by atoms with Crippen molar-refractivity contribution in [3.05, 3.63) is 28.7 Å². The van der Waals surface area contributed by atoms with Crippen LogP contribution in [0.2, 0.25) is 0 Å². The summed E-state index contributed by atoms with van der Waals surface area (Å²) in [6.45, 7) is 1.06. The molecule has 0 aliphatic carbocycles. The normalized spacial score (nSPS) is 23.6. The largest absolute Gasteiger partial charge is 0.379 e. The van der Waals surface area contributed by atoms with Crippen LogP contribution in [-0.4, -0.2) is 32.2 Å². The Morgan fingerprint density at radius 1 is 1.41 bits per heavy atom. The van der Waals surface area contributed by atoms with Gasteiger partial charge in [-0.05, 0) is 35.1 Å². The van der Waals surface area contributed by atoms with Crippen LogP contribution < -0.4 is 10.6 Å². The van der Waals surface area contributed by atoms with Crippen molar-refractivity contribution >= 4 is 27.5 Å². The maximum absolute atomic E-state index is 12.1. The fraction of sp³-hybridized carbons (Fsp3) is 0.417. The molecular weight excluding hydrogens is 284 g/mol. The molecule has 2 unspecified atom stereocenters. The summed E-state index contributed by atoms with van der Waals surface area (Å²) in [4.78, 5) is 12.1. The van der Waals surface area contributed by atoms with Gasteiger partial charge in [0.1, 0.15) is 0 Å². The van der Waals surface area contributed by atoms with Crippen LogP contribution in [0.4, 0.5) is 5.69 Å². The van der Waals surface area contributed by atoms with E-state index in [9.17, 15) is 4.79 Å². The number of carbonyl (C=O) groups is 1. The van der Waals surface area contributed by atoms with Crippen molar-refractivity contribution in [2.24, 2.45) is 5.92 Å². The Bertz CT molecular complexity index is 411. The smallest absolute Gasteiger partial charge is 0.231 e. The van der Waals surface area contributed by atoms with Crippen molar-refractivity contribution in [3.63, 3.8) is 0 Å². The highest BCUT2D eigenvalue weighted by atomic mass is 79.9. The molecule has 2 rings (SSSR count). The Balaban J connectivity index is 2.04. The number of carbonyl (C=O) groups excluding carboxylic acids is 1. The number of likely N-dealkylation sites (N-methyl/N-ethyl adjacent to an activating group) is 1. The van der Waals surface area contributed by atoms with Crippen molar-refractivity contribution in [1.82, 2.24) is 5.32 Å².